The van der Waals surface area contributed by atoms with Crippen molar-refractivity contribution in [2.24, 2.45) is 0 Å². The van der Waals surface area contributed by atoms with E-state index in [4.69, 9.17) is 11.6 Å². The average molecular weight is 219 g/mol. The van der Waals surface area contributed by atoms with Crippen LogP contribution in [0, 0.1) is 0 Å². The normalized spacial score (nSPS) is 15.5. The Hall–Kier alpha value is -1.28. The molecular weight excluding hydrogens is 208 g/mol. The van der Waals surface area contributed by atoms with E-state index >= 15 is 0 Å². The molecule has 0 aliphatic heterocycles. The summed E-state index contributed by atoms with van der Waals surface area (Å²) in [7, 11) is 0. The molecule has 0 amide bonds. The Morgan fingerprint density at radius 1 is 1.27 bits per heavy atom. The number of anilines is 1. The third kappa shape index (κ3) is 1.77. The lowest BCUT2D eigenvalue weighted by atomic mass is 10.2. The summed E-state index contributed by atoms with van der Waals surface area (Å²) >= 11 is 5.99. The van der Waals surface area contributed by atoms with E-state index in [1.54, 1.807) is 0 Å². The number of nitrogens with one attached hydrogen (secondary N) is 1. The summed E-state index contributed by atoms with van der Waals surface area (Å²) < 4.78 is 0. The molecule has 76 valence electrons. The number of nitrogens with zero attached hydrogens (tertiary/aromatic N) is 1. The Morgan fingerprint density at radius 2 is 2.13 bits per heavy atom. The van der Waals surface area contributed by atoms with E-state index in [9.17, 15) is 0 Å². The van der Waals surface area contributed by atoms with Gasteiger partial charge in [-0.1, -0.05) is 11.6 Å². The summed E-state index contributed by atoms with van der Waals surface area (Å²) in [5.41, 5.74) is 2.13. The Bertz CT molecular complexity index is 506. The standard InChI is InChI=1S/C12H11ClN2/c13-8-1-4-11-10(7-8)12(5-6-14-11)15-9-2-3-9/h1,4-7,9H,2-3H2,(H,14,15). The fourth-order valence-corrected chi connectivity index (χ4v) is 1.86. The molecule has 0 spiro atoms. The molecule has 1 fully saturated rings. The predicted octanol–water partition coefficient (Wildman–Crippen LogP) is 3.46. The fourth-order valence-electron chi connectivity index (χ4n) is 1.69. The zero-order valence-electron chi connectivity index (χ0n) is 8.20. The van der Waals surface area contributed by atoms with Crippen LogP contribution in [0.3, 0.4) is 0 Å². The third-order valence-electron chi connectivity index (χ3n) is 2.64. The molecule has 1 saturated carbocycles. The largest absolute Gasteiger partial charge is 0.382 e. The van der Waals surface area contributed by atoms with Crippen LogP contribution in [-0.2, 0) is 0 Å². The SMILES string of the molecule is Clc1ccc2nccc(NC3CC3)c2c1. The number of benzene rings is 1. The topological polar surface area (TPSA) is 24.9 Å². The van der Waals surface area contributed by atoms with Gasteiger partial charge in [0.15, 0.2) is 0 Å². The first kappa shape index (κ1) is 8.98. The molecule has 15 heavy (non-hydrogen) atoms. The maximum absolute atomic E-state index is 5.99. The highest BCUT2D eigenvalue weighted by Crippen LogP contribution is 2.30. The molecule has 1 aliphatic rings. The third-order valence-corrected chi connectivity index (χ3v) is 2.88. The Kier molecular flexibility index (Phi) is 2.03. The van der Waals surface area contributed by atoms with Crippen molar-refractivity contribution in [3.8, 4) is 0 Å². The molecule has 0 bridgehead atoms. The smallest absolute Gasteiger partial charge is 0.0723 e. The van der Waals surface area contributed by atoms with Crippen LogP contribution in [0.1, 0.15) is 12.8 Å². The Morgan fingerprint density at radius 3 is 2.93 bits per heavy atom. The van der Waals surface area contributed by atoms with Crippen LogP contribution in [0.2, 0.25) is 5.02 Å². The minimum atomic E-state index is 0.648. The monoisotopic (exact) mass is 218 g/mol. The van der Waals surface area contributed by atoms with E-state index in [2.05, 4.69) is 10.3 Å². The van der Waals surface area contributed by atoms with Gasteiger partial charge in [0.1, 0.15) is 0 Å². The van der Waals surface area contributed by atoms with Gasteiger partial charge in [-0.2, -0.15) is 0 Å². The molecule has 2 nitrogen and oxygen atoms in total. The molecule has 3 rings (SSSR count). The summed E-state index contributed by atoms with van der Waals surface area (Å²) in [4.78, 5) is 4.31. The van der Waals surface area contributed by atoms with Gasteiger partial charge in [0.2, 0.25) is 0 Å². The van der Waals surface area contributed by atoms with Crippen molar-refractivity contribution in [3.63, 3.8) is 0 Å². The lowest BCUT2D eigenvalue weighted by Gasteiger charge is -2.08. The highest BCUT2D eigenvalue weighted by molar-refractivity contribution is 6.31. The van der Waals surface area contributed by atoms with Gasteiger partial charge in [-0.05, 0) is 37.1 Å². The quantitative estimate of drug-likeness (QED) is 0.835. The maximum atomic E-state index is 5.99. The van der Waals surface area contributed by atoms with Crippen molar-refractivity contribution >= 4 is 28.2 Å². The molecule has 0 radical (unpaired) electrons. The van der Waals surface area contributed by atoms with E-state index in [0.29, 0.717) is 6.04 Å². The number of hydrogen-bond donors (Lipinski definition) is 1. The first-order valence-electron chi connectivity index (χ1n) is 5.14. The molecule has 1 N–H and O–H groups in total. The van der Waals surface area contributed by atoms with Gasteiger partial charge in [0, 0.05) is 28.3 Å². The molecule has 1 aromatic heterocycles. The fraction of sp³-hybridized carbons (Fsp3) is 0.250. The van der Waals surface area contributed by atoms with Gasteiger partial charge in [-0.15, -0.1) is 0 Å². The highest BCUT2D eigenvalue weighted by atomic mass is 35.5. The molecule has 0 atom stereocenters. The number of rotatable bonds is 2. The second-order valence-electron chi connectivity index (χ2n) is 3.94. The molecule has 0 unspecified atom stereocenters. The van der Waals surface area contributed by atoms with Crippen LogP contribution < -0.4 is 5.32 Å². The van der Waals surface area contributed by atoms with Gasteiger partial charge in [-0.25, -0.2) is 0 Å². The number of halogens is 1. The second kappa shape index (κ2) is 3.38. The van der Waals surface area contributed by atoms with E-state index in [-0.39, 0.29) is 0 Å². The molecule has 1 heterocycles. The summed E-state index contributed by atoms with van der Waals surface area (Å²) in [5, 5.41) is 5.35. The van der Waals surface area contributed by atoms with Crippen molar-refractivity contribution in [2.45, 2.75) is 18.9 Å². The second-order valence-corrected chi connectivity index (χ2v) is 4.38. The molecule has 1 aliphatic carbocycles. The number of pyridine rings is 1. The van der Waals surface area contributed by atoms with Crippen LogP contribution in [0.25, 0.3) is 10.9 Å². The summed E-state index contributed by atoms with van der Waals surface area (Å²) in [6.07, 6.45) is 4.37. The highest BCUT2D eigenvalue weighted by Gasteiger charge is 2.21. The minimum Gasteiger partial charge on any atom is -0.382 e. The summed E-state index contributed by atoms with van der Waals surface area (Å²) in [6.45, 7) is 0. The molecular formula is C12H11ClN2. The van der Waals surface area contributed by atoms with Crippen molar-refractivity contribution < 1.29 is 0 Å². The minimum absolute atomic E-state index is 0.648. The first-order valence-corrected chi connectivity index (χ1v) is 5.51. The summed E-state index contributed by atoms with van der Waals surface area (Å²) in [5.74, 6) is 0. The summed E-state index contributed by atoms with van der Waals surface area (Å²) in [6, 6.07) is 8.45. The van der Waals surface area contributed by atoms with Gasteiger partial charge < -0.3 is 5.32 Å². The zero-order chi connectivity index (χ0) is 10.3. The Labute approximate surface area is 93.3 Å². The van der Waals surface area contributed by atoms with Crippen LogP contribution >= 0.6 is 11.6 Å². The van der Waals surface area contributed by atoms with Crippen LogP contribution in [0.15, 0.2) is 30.5 Å². The molecule has 1 aromatic carbocycles. The van der Waals surface area contributed by atoms with Gasteiger partial charge >= 0.3 is 0 Å². The Balaban J connectivity index is 2.13. The van der Waals surface area contributed by atoms with Crippen molar-refractivity contribution in [2.75, 3.05) is 5.32 Å². The first-order chi connectivity index (χ1) is 7.33. The lowest BCUT2D eigenvalue weighted by molar-refractivity contribution is 1.16. The van der Waals surface area contributed by atoms with E-state index < -0.39 is 0 Å². The predicted molar refractivity (Wildman–Crippen MR) is 63.4 cm³/mol. The van der Waals surface area contributed by atoms with Crippen molar-refractivity contribution in [3.05, 3.63) is 35.5 Å². The van der Waals surface area contributed by atoms with Crippen LogP contribution in [0.5, 0.6) is 0 Å². The van der Waals surface area contributed by atoms with Crippen molar-refractivity contribution in [1.82, 2.24) is 4.98 Å². The van der Waals surface area contributed by atoms with Crippen LogP contribution in [0.4, 0.5) is 5.69 Å². The van der Waals surface area contributed by atoms with E-state index in [0.717, 1.165) is 21.6 Å². The van der Waals surface area contributed by atoms with E-state index in [1.807, 2.05) is 30.5 Å². The molecule has 3 heteroatoms. The number of fused-ring (bicyclic) bond motifs is 1. The number of hydrogen-bond acceptors (Lipinski definition) is 2. The van der Waals surface area contributed by atoms with Gasteiger partial charge in [-0.3, -0.25) is 4.98 Å². The molecule has 2 aromatic rings. The average Bonchev–Trinajstić information content (AvgIpc) is 3.03. The zero-order valence-corrected chi connectivity index (χ0v) is 8.96. The maximum Gasteiger partial charge on any atom is 0.0723 e. The van der Waals surface area contributed by atoms with E-state index in [1.165, 1.54) is 12.8 Å². The molecule has 0 saturated heterocycles. The number of aromatic nitrogens is 1. The van der Waals surface area contributed by atoms with Crippen LogP contribution in [-0.4, -0.2) is 11.0 Å². The van der Waals surface area contributed by atoms with Gasteiger partial charge in [0.25, 0.3) is 0 Å². The van der Waals surface area contributed by atoms with Gasteiger partial charge in [0.05, 0.1) is 5.52 Å². The van der Waals surface area contributed by atoms with Crippen molar-refractivity contribution in [1.29, 1.82) is 0 Å². The lowest BCUT2D eigenvalue weighted by Crippen LogP contribution is -2.01.